The maximum atomic E-state index is 12.6. The fourth-order valence-electron chi connectivity index (χ4n) is 2.86. The zero-order chi connectivity index (χ0) is 13.4. The number of amides is 2. The molecule has 0 N–H and O–H groups in total. The van der Waals surface area contributed by atoms with E-state index in [1.54, 1.807) is 9.80 Å². The first-order valence-corrected chi connectivity index (χ1v) is 7.32. The van der Waals surface area contributed by atoms with Crippen molar-refractivity contribution in [2.45, 2.75) is 25.3 Å². The van der Waals surface area contributed by atoms with Crippen LogP contribution in [0.15, 0.2) is 28.7 Å². The lowest BCUT2D eigenvalue weighted by atomic mass is 10.2. The number of anilines is 1. The number of carbonyl (C=O) groups is 2. The maximum Gasteiger partial charge on any atom is 0.249 e. The fourth-order valence-corrected chi connectivity index (χ4v) is 3.25. The highest BCUT2D eigenvalue weighted by molar-refractivity contribution is 9.10. The van der Waals surface area contributed by atoms with Crippen molar-refractivity contribution in [2.24, 2.45) is 0 Å². The fraction of sp³-hybridized carbons (Fsp3) is 0.429. The molecule has 2 aliphatic heterocycles. The average Bonchev–Trinajstić information content (AvgIpc) is 2.84. The van der Waals surface area contributed by atoms with Gasteiger partial charge in [0.25, 0.3) is 0 Å². The lowest BCUT2D eigenvalue weighted by Gasteiger charge is -2.25. The molecule has 2 fully saturated rings. The van der Waals surface area contributed by atoms with Crippen molar-refractivity contribution in [1.82, 2.24) is 4.90 Å². The second-order valence-electron chi connectivity index (χ2n) is 4.96. The standard InChI is InChI=1S/C14H15BrN2O2/c15-10-3-1-4-11(9-10)16-8-6-13(18)17-7-2-5-12(17)14(16)19/h1,3-4,9,12H,2,5-8H2. The molecule has 0 spiro atoms. The highest BCUT2D eigenvalue weighted by Crippen LogP contribution is 2.28. The third-order valence-electron chi connectivity index (χ3n) is 3.79. The van der Waals surface area contributed by atoms with Gasteiger partial charge in [-0.3, -0.25) is 9.59 Å². The van der Waals surface area contributed by atoms with Gasteiger partial charge in [-0.2, -0.15) is 0 Å². The summed E-state index contributed by atoms with van der Waals surface area (Å²) in [5, 5.41) is 0. The molecule has 2 amide bonds. The Kier molecular flexibility index (Phi) is 3.31. The topological polar surface area (TPSA) is 40.6 Å². The second-order valence-corrected chi connectivity index (χ2v) is 5.88. The van der Waals surface area contributed by atoms with Crippen LogP contribution in [-0.4, -0.2) is 35.8 Å². The number of rotatable bonds is 1. The van der Waals surface area contributed by atoms with E-state index in [0.29, 0.717) is 13.0 Å². The first kappa shape index (κ1) is 12.7. The number of fused-ring (bicyclic) bond motifs is 1. The molecule has 2 aliphatic rings. The molecule has 0 aromatic heterocycles. The number of nitrogens with zero attached hydrogens (tertiary/aromatic N) is 2. The van der Waals surface area contributed by atoms with Crippen LogP contribution in [0.3, 0.4) is 0 Å². The van der Waals surface area contributed by atoms with Gasteiger partial charge in [-0.15, -0.1) is 0 Å². The van der Waals surface area contributed by atoms with E-state index in [9.17, 15) is 9.59 Å². The van der Waals surface area contributed by atoms with E-state index in [1.165, 1.54) is 0 Å². The van der Waals surface area contributed by atoms with E-state index in [2.05, 4.69) is 15.9 Å². The summed E-state index contributed by atoms with van der Waals surface area (Å²) in [6.45, 7) is 1.20. The smallest absolute Gasteiger partial charge is 0.249 e. The number of halogens is 1. The van der Waals surface area contributed by atoms with Gasteiger partial charge in [0.15, 0.2) is 0 Å². The molecular weight excluding hydrogens is 308 g/mol. The number of benzene rings is 1. The van der Waals surface area contributed by atoms with Gasteiger partial charge < -0.3 is 9.80 Å². The Hall–Kier alpha value is -1.36. The van der Waals surface area contributed by atoms with Gasteiger partial charge in [-0.25, -0.2) is 0 Å². The van der Waals surface area contributed by atoms with Crippen molar-refractivity contribution in [2.75, 3.05) is 18.0 Å². The Morgan fingerprint density at radius 2 is 2.05 bits per heavy atom. The van der Waals surface area contributed by atoms with Crippen molar-refractivity contribution in [3.05, 3.63) is 28.7 Å². The summed E-state index contributed by atoms with van der Waals surface area (Å²) in [6.07, 6.45) is 2.12. The molecule has 2 heterocycles. The van der Waals surface area contributed by atoms with E-state index >= 15 is 0 Å². The van der Waals surface area contributed by atoms with Gasteiger partial charge in [0.05, 0.1) is 0 Å². The van der Waals surface area contributed by atoms with Crippen LogP contribution in [-0.2, 0) is 9.59 Å². The van der Waals surface area contributed by atoms with Gasteiger partial charge in [0.2, 0.25) is 11.8 Å². The molecule has 0 saturated carbocycles. The zero-order valence-electron chi connectivity index (χ0n) is 10.5. The predicted molar refractivity (Wildman–Crippen MR) is 75.8 cm³/mol. The molecule has 5 heteroatoms. The molecule has 0 bridgehead atoms. The Bertz CT molecular complexity index is 532. The quantitative estimate of drug-likeness (QED) is 0.795. The van der Waals surface area contributed by atoms with Crippen LogP contribution in [0.1, 0.15) is 19.3 Å². The largest absolute Gasteiger partial charge is 0.331 e. The number of hydrogen-bond donors (Lipinski definition) is 0. The SMILES string of the molecule is O=C1C2CCCN2C(=O)CCN1c1cccc(Br)c1. The van der Waals surface area contributed by atoms with Crippen molar-refractivity contribution < 1.29 is 9.59 Å². The lowest BCUT2D eigenvalue weighted by molar-refractivity contribution is -0.135. The van der Waals surface area contributed by atoms with Crippen LogP contribution in [0, 0.1) is 0 Å². The number of hydrogen-bond acceptors (Lipinski definition) is 2. The minimum atomic E-state index is -0.256. The van der Waals surface area contributed by atoms with E-state index < -0.39 is 0 Å². The van der Waals surface area contributed by atoms with Crippen molar-refractivity contribution in [3.63, 3.8) is 0 Å². The first-order chi connectivity index (χ1) is 9.16. The third-order valence-corrected chi connectivity index (χ3v) is 4.29. The van der Waals surface area contributed by atoms with Crippen molar-refractivity contribution in [1.29, 1.82) is 0 Å². The summed E-state index contributed by atoms with van der Waals surface area (Å²) >= 11 is 3.42. The molecule has 0 radical (unpaired) electrons. The van der Waals surface area contributed by atoms with Crippen LogP contribution in [0.5, 0.6) is 0 Å². The average molecular weight is 323 g/mol. The summed E-state index contributed by atoms with van der Waals surface area (Å²) < 4.78 is 0.941. The van der Waals surface area contributed by atoms with Crippen LogP contribution in [0.2, 0.25) is 0 Å². The molecule has 100 valence electrons. The zero-order valence-corrected chi connectivity index (χ0v) is 12.1. The summed E-state index contributed by atoms with van der Waals surface area (Å²) in [6, 6.07) is 7.42. The third kappa shape index (κ3) is 2.27. The lowest BCUT2D eigenvalue weighted by Crippen LogP contribution is -2.43. The van der Waals surface area contributed by atoms with Crippen LogP contribution < -0.4 is 4.90 Å². The number of carbonyl (C=O) groups excluding carboxylic acids is 2. The molecule has 1 unspecified atom stereocenters. The van der Waals surface area contributed by atoms with Gasteiger partial charge in [0, 0.05) is 29.7 Å². The monoisotopic (exact) mass is 322 g/mol. The van der Waals surface area contributed by atoms with Gasteiger partial charge in [-0.1, -0.05) is 22.0 Å². The molecule has 0 aliphatic carbocycles. The maximum absolute atomic E-state index is 12.6. The van der Waals surface area contributed by atoms with Crippen molar-refractivity contribution in [3.8, 4) is 0 Å². The molecule has 19 heavy (non-hydrogen) atoms. The van der Waals surface area contributed by atoms with E-state index in [0.717, 1.165) is 29.5 Å². The van der Waals surface area contributed by atoms with Crippen molar-refractivity contribution >= 4 is 33.4 Å². The predicted octanol–water partition coefficient (Wildman–Crippen LogP) is 2.18. The molecule has 4 nitrogen and oxygen atoms in total. The minimum Gasteiger partial charge on any atom is -0.331 e. The Balaban J connectivity index is 1.94. The van der Waals surface area contributed by atoms with E-state index in [4.69, 9.17) is 0 Å². The molecular formula is C14H15BrN2O2. The second kappa shape index (κ2) is 4.96. The van der Waals surface area contributed by atoms with E-state index in [1.807, 2.05) is 24.3 Å². The Morgan fingerprint density at radius 1 is 1.21 bits per heavy atom. The molecule has 1 atom stereocenters. The van der Waals surface area contributed by atoms with Gasteiger partial charge >= 0.3 is 0 Å². The molecule has 1 aromatic rings. The highest BCUT2D eigenvalue weighted by atomic mass is 79.9. The Labute approximate surface area is 120 Å². The first-order valence-electron chi connectivity index (χ1n) is 6.53. The van der Waals surface area contributed by atoms with Gasteiger partial charge in [-0.05, 0) is 31.0 Å². The van der Waals surface area contributed by atoms with Crippen LogP contribution >= 0.6 is 15.9 Å². The summed E-state index contributed by atoms with van der Waals surface area (Å²) in [4.78, 5) is 28.1. The molecule has 3 rings (SSSR count). The van der Waals surface area contributed by atoms with Crippen LogP contribution in [0.4, 0.5) is 5.69 Å². The summed E-state index contributed by atoms with van der Waals surface area (Å²) in [5.41, 5.74) is 0.862. The highest BCUT2D eigenvalue weighted by Gasteiger charge is 2.39. The molecule has 1 aromatic carbocycles. The summed E-state index contributed by atoms with van der Waals surface area (Å²) in [5.74, 6) is 0.162. The Morgan fingerprint density at radius 3 is 2.84 bits per heavy atom. The van der Waals surface area contributed by atoms with Gasteiger partial charge in [0.1, 0.15) is 6.04 Å². The normalized spacial score (nSPS) is 23.5. The summed E-state index contributed by atoms with van der Waals surface area (Å²) in [7, 11) is 0. The molecule has 2 saturated heterocycles. The minimum absolute atomic E-state index is 0.0569. The van der Waals surface area contributed by atoms with E-state index in [-0.39, 0.29) is 17.9 Å². The van der Waals surface area contributed by atoms with Crippen LogP contribution in [0.25, 0.3) is 0 Å².